The molecule has 8 heteroatoms. The Balaban J connectivity index is 1.45. The van der Waals surface area contributed by atoms with Crippen LogP contribution in [0.5, 0.6) is 5.75 Å². The molecule has 0 bridgehead atoms. The topological polar surface area (TPSA) is 53.5 Å². The first kappa shape index (κ1) is 26.4. The molecular formula is C30H37F2N5O. The monoisotopic (exact) mass is 521 g/mol. The lowest BCUT2D eigenvalue weighted by Crippen LogP contribution is -2.38. The summed E-state index contributed by atoms with van der Waals surface area (Å²) in [5.74, 6) is 0.246. The van der Waals surface area contributed by atoms with Gasteiger partial charge >= 0.3 is 0 Å². The molecule has 3 aromatic rings. The lowest BCUT2D eigenvalue weighted by Gasteiger charge is -2.34. The minimum atomic E-state index is -0.608. The van der Waals surface area contributed by atoms with Gasteiger partial charge in [0.1, 0.15) is 12.3 Å². The molecule has 5 rings (SSSR count). The standard InChI is InChI=1S/C30H37F2N5O/c1-18(2)24-16-22(6-7-23(24)20-8-10-36(5)11-9-20)34-30-33-17-26(32)28(35-30)21-14-25(31)29-27(15-21)37(19(3)4)12-13-38-29/h6-7,14-20H,8-13H2,1-5H3,(H,33,34,35). The molecule has 38 heavy (non-hydrogen) atoms. The molecule has 2 aliphatic heterocycles. The minimum absolute atomic E-state index is 0.0468. The summed E-state index contributed by atoms with van der Waals surface area (Å²) in [5, 5.41) is 3.25. The molecule has 1 aromatic heterocycles. The molecule has 0 saturated carbocycles. The lowest BCUT2D eigenvalue weighted by molar-refractivity contribution is 0.255. The van der Waals surface area contributed by atoms with Gasteiger partial charge in [0.25, 0.3) is 0 Å². The van der Waals surface area contributed by atoms with Gasteiger partial charge in [-0.05, 0) is 94.1 Å². The van der Waals surface area contributed by atoms with Crippen molar-refractivity contribution in [1.29, 1.82) is 0 Å². The molecule has 2 aromatic carbocycles. The summed E-state index contributed by atoms with van der Waals surface area (Å²) in [6, 6.07) is 9.58. The van der Waals surface area contributed by atoms with Crippen molar-refractivity contribution >= 4 is 17.3 Å². The number of ether oxygens (including phenoxy) is 1. The average Bonchev–Trinajstić information content (AvgIpc) is 2.90. The molecule has 1 N–H and O–H groups in total. The zero-order valence-electron chi connectivity index (χ0n) is 22.9. The van der Waals surface area contributed by atoms with E-state index in [0.29, 0.717) is 36.2 Å². The average molecular weight is 522 g/mol. The van der Waals surface area contributed by atoms with Gasteiger partial charge in [-0.25, -0.2) is 18.7 Å². The highest BCUT2D eigenvalue weighted by molar-refractivity contribution is 5.73. The maximum absolute atomic E-state index is 15.0. The first-order valence-electron chi connectivity index (χ1n) is 13.6. The predicted octanol–water partition coefficient (Wildman–Crippen LogP) is 6.71. The van der Waals surface area contributed by atoms with Crippen LogP contribution in [0.4, 0.5) is 26.1 Å². The van der Waals surface area contributed by atoms with Gasteiger partial charge < -0.3 is 19.9 Å². The van der Waals surface area contributed by atoms with Gasteiger partial charge in [0.05, 0.1) is 18.4 Å². The van der Waals surface area contributed by atoms with Gasteiger partial charge in [0, 0.05) is 17.3 Å². The second-order valence-electron chi connectivity index (χ2n) is 11.0. The summed E-state index contributed by atoms with van der Waals surface area (Å²) in [6.45, 7) is 11.8. The van der Waals surface area contributed by atoms with Crippen molar-refractivity contribution in [2.24, 2.45) is 0 Å². The maximum Gasteiger partial charge on any atom is 0.227 e. The SMILES string of the molecule is CC(C)c1cc(Nc2ncc(F)c(-c3cc(F)c4c(c3)N(C(C)C)CCO4)n2)ccc1C1CCN(C)CC1. The summed E-state index contributed by atoms with van der Waals surface area (Å²) in [7, 11) is 2.18. The molecular weight excluding hydrogens is 484 g/mol. The third-order valence-corrected chi connectivity index (χ3v) is 7.68. The fraction of sp³-hybridized carbons (Fsp3) is 0.467. The summed E-state index contributed by atoms with van der Waals surface area (Å²) in [4.78, 5) is 13.1. The maximum atomic E-state index is 15.0. The van der Waals surface area contributed by atoms with Crippen LogP contribution in [0.15, 0.2) is 36.5 Å². The Kier molecular flexibility index (Phi) is 7.52. The summed E-state index contributed by atoms with van der Waals surface area (Å²) in [6.07, 6.45) is 3.45. The lowest BCUT2D eigenvalue weighted by atomic mass is 9.83. The normalized spacial score (nSPS) is 16.6. The van der Waals surface area contributed by atoms with E-state index in [-0.39, 0.29) is 23.4 Å². The number of nitrogens with zero attached hydrogens (tertiary/aromatic N) is 4. The van der Waals surface area contributed by atoms with Crippen molar-refractivity contribution in [2.75, 3.05) is 43.5 Å². The Morgan fingerprint density at radius 2 is 1.76 bits per heavy atom. The van der Waals surface area contributed by atoms with Crippen LogP contribution in [-0.2, 0) is 0 Å². The van der Waals surface area contributed by atoms with Crippen molar-refractivity contribution in [2.45, 2.75) is 58.4 Å². The van der Waals surface area contributed by atoms with E-state index in [9.17, 15) is 4.39 Å². The van der Waals surface area contributed by atoms with E-state index in [4.69, 9.17) is 4.74 Å². The van der Waals surface area contributed by atoms with E-state index in [1.807, 2.05) is 19.9 Å². The van der Waals surface area contributed by atoms with E-state index < -0.39 is 11.6 Å². The van der Waals surface area contributed by atoms with E-state index in [1.165, 1.54) is 17.2 Å². The number of fused-ring (bicyclic) bond motifs is 1. The van der Waals surface area contributed by atoms with Crippen molar-refractivity contribution in [3.8, 4) is 17.0 Å². The predicted molar refractivity (Wildman–Crippen MR) is 149 cm³/mol. The number of aromatic nitrogens is 2. The number of rotatable bonds is 6. The van der Waals surface area contributed by atoms with Crippen molar-refractivity contribution in [1.82, 2.24) is 14.9 Å². The number of likely N-dealkylation sites (tertiary alicyclic amines) is 1. The molecule has 2 aliphatic rings. The number of hydrogen-bond acceptors (Lipinski definition) is 6. The van der Waals surface area contributed by atoms with Crippen LogP contribution < -0.4 is 15.0 Å². The minimum Gasteiger partial charge on any atom is -0.486 e. The van der Waals surface area contributed by atoms with Crippen LogP contribution in [0.3, 0.4) is 0 Å². The third-order valence-electron chi connectivity index (χ3n) is 7.68. The van der Waals surface area contributed by atoms with Crippen molar-refractivity contribution in [3.05, 3.63) is 59.3 Å². The van der Waals surface area contributed by atoms with Crippen LogP contribution in [-0.4, -0.2) is 54.2 Å². The zero-order chi connectivity index (χ0) is 27.0. The first-order valence-corrected chi connectivity index (χ1v) is 13.6. The number of hydrogen-bond donors (Lipinski definition) is 1. The number of nitrogens with one attached hydrogen (secondary N) is 1. The molecule has 202 valence electrons. The quantitative estimate of drug-likeness (QED) is 0.389. The number of benzene rings is 2. The van der Waals surface area contributed by atoms with Crippen molar-refractivity contribution < 1.29 is 13.5 Å². The largest absolute Gasteiger partial charge is 0.486 e. The zero-order valence-corrected chi connectivity index (χ0v) is 22.9. The van der Waals surface area contributed by atoms with Gasteiger partial charge in [0.2, 0.25) is 5.95 Å². The highest BCUT2D eigenvalue weighted by atomic mass is 19.1. The van der Waals surface area contributed by atoms with Crippen LogP contribution in [0.1, 0.15) is 63.5 Å². The highest BCUT2D eigenvalue weighted by Gasteiger charge is 2.26. The van der Waals surface area contributed by atoms with Crippen LogP contribution >= 0.6 is 0 Å². The summed E-state index contributed by atoms with van der Waals surface area (Å²) in [5.41, 5.74) is 4.56. The Hall–Kier alpha value is -3.26. The van der Waals surface area contributed by atoms with Gasteiger partial charge in [-0.2, -0.15) is 0 Å². The summed E-state index contributed by atoms with van der Waals surface area (Å²) >= 11 is 0. The number of anilines is 3. The molecule has 0 amide bonds. The van der Waals surface area contributed by atoms with Crippen LogP contribution in [0.2, 0.25) is 0 Å². The van der Waals surface area contributed by atoms with Gasteiger partial charge in [-0.1, -0.05) is 19.9 Å². The van der Waals surface area contributed by atoms with Crippen molar-refractivity contribution in [3.63, 3.8) is 0 Å². The Morgan fingerprint density at radius 3 is 2.47 bits per heavy atom. The molecule has 1 saturated heterocycles. The molecule has 6 nitrogen and oxygen atoms in total. The van der Waals surface area contributed by atoms with E-state index in [0.717, 1.165) is 37.8 Å². The molecule has 0 atom stereocenters. The molecule has 0 spiro atoms. The molecule has 1 fully saturated rings. The fourth-order valence-corrected chi connectivity index (χ4v) is 5.58. The highest BCUT2D eigenvalue weighted by Crippen LogP contribution is 2.40. The smallest absolute Gasteiger partial charge is 0.227 e. The van der Waals surface area contributed by atoms with Gasteiger partial charge in [-0.3, -0.25) is 0 Å². The molecule has 3 heterocycles. The Bertz CT molecular complexity index is 1300. The van der Waals surface area contributed by atoms with E-state index in [2.05, 4.69) is 58.1 Å². The molecule has 0 unspecified atom stereocenters. The second kappa shape index (κ2) is 10.8. The molecule has 0 radical (unpaired) electrons. The Labute approximate surface area is 224 Å². The van der Waals surface area contributed by atoms with E-state index in [1.54, 1.807) is 6.07 Å². The van der Waals surface area contributed by atoms with Crippen LogP contribution in [0, 0.1) is 11.6 Å². The van der Waals surface area contributed by atoms with Crippen LogP contribution in [0.25, 0.3) is 11.3 Å². The third kappa shape index (κ3) is 5.32. The van der Waals surface area contributed by atoms with Gasteiger partial charge in [0.15, 0.2) is 17.4 Å². The first-order chi connectivity index (χ1) is 18.2. The van der Waals surface area contributed by atoms with Gasteiger partial charge in [-0.15, -0.1) is 0 Å². The number of piperidine rings is 1. The number of halogens is 2. The Morgan fingerprint density at radius 1 is 1.00 bits per heavy atom. The second-order valence-corrected chi connectivity index (χ2v) is 11.0. The van der Waals surface area contributed by atoms with E-state index >= 15 is 4.39 Å². The molecule has 0 aliphatic carbocycles. The fourth-order valence-electron chi connectivity index (χ4n) is 5.58. The summed E-state index contributed by atoms with van der Waals surface area (Å²) < 4.78 is 35.6.